The second-order valence-corrected chi connectivity index (χ2v) is 6.60. The molecule has 0 aliphatic heterocycles. The second-order valence-electron chi connectivity index (χ2n) is 6.60. The van der Waals surface area contributed by atoms with Crippen molar-refractivity contribution in [2.75, 3.05) is 13.1 Å². The van der Waals surface area contributed by atoms with Gasteiger partial charge >= 0.3 is 12.4 Å². The van der Waals surface area contributed by atoms with Crippen LogP contribution >= 0.6 is 0 Å². The Morgan fingerprint density at radius 2 is 1.71 bits per heavy atom. The molecule has 2 aromatic heterocycles. The summed E-state index contributed by atoms with van der Waals surface area (Å²) in [4.78, 5) is 28.6. The van der Waals surface area contributed by atoms with Crippen LogP contribution in [0.25, 0.3) is 16.8 Å². The van der Waals surface area contributed by atoms with Crippen molar-refractivity contribution in [3.63, 3.8) is 0 Å². The topological polar surface area (TPSA) is 54.7 Å². The predicted molar refractivity (Wildman–Crippen MR) is 99.5 cm³/mol. The molecule has 3 aromatic rings. The molecule has 0 fully saturated rings. The van der Waals surface area contributed by atoms with Gasteiger partial charge in [-0.05, 0) is 36.8 Å². The van der Waals surface area contributed by atoms with Crippen LogP contribution in [0.1, 0.15) is 23.0 Å². The number of hydrogen-bond donors (Lipinski definition) is 0. The molecule has 11 heteroatoms. The van der Waals surface area contributed by atoms with Crippen LogP contribution in [-0.4, -0.2) is 39.5 Å². The van der Waals surface area contributed by atoms with E-state index < -0.39 is 36.1 Å². The summed E-state index contributed by atoms with van der Waals surface area (Å²) in [6.45, 7) is -0.146. The molecule has 1 amide bonds. The number of carbonyl (C=O) groups excluding carboxylic acids is 1. The molecule has 164 valence electrons. The van der Waals surface area contributed by atoms with Gasteiger partial charge in [0.15, 0.2) is 5.69 Å². The van der Waals surface area contributed by atoms with Crippen molar-refractivity contribution in [2.45, 2.75) is 19.3 Å². The highest BCUT2D eigenvalue weighted by molar-refractivity contribution is 5.95. The fourth-order valence-electron chi connectivity index (χ4n) is 3.01. The molecular formula is C20H15F6N3O2. The van der Waals surface area contributed by atoms with Crippen LogP contribution in [0.3, 0.4) is 0 Å². The highest BCUT2D eigenvalue weighted by atomic mass is 19.4. The lowest BCUT2D eigenvalue weighted by atomic mass is 10.0. The van der Waals surface area contributed by atoms with Crippen LogP contribution in [0.2, 0.25) is 0 Å². The molecule has 31 heavy (non-hydrogen) atoms. The summed E-state index contributed by atoms with van der Waals surface area (Å²) in [6.07, 6.45) is -8.11. The lowest BCUT2D eigenvalue weighted by Crippen LogP contribution is -2.38. The number of benzene rings is 1. The van der Waals surface area contributed by atoms with E-state index in [1.165, 1.54) is 49.5 Å². The van der Waals surface area contributed by atoms with Gasteiger partial charge in [0, 0.05) is 29.9 Å². The zero-order chi connectivity index (χ0) is 23.0. The summed E-state index contributed by atoms with van der Waals surface area (Å²) in [5, 5.41) is 0. The van der Waals surface area contributed by atoms with Gasteiger partial charge in [0.1, 0.15) is 12.2 Å². The molecule has 5 nitrogen and oxygen atoms in total. The first-order chi connectivity index (χ1) is 14.4. The van der Waals surface area contributed by atoms with Gasteiger partial charge in [-0.3, -0.25) is 14.0 Å². The van der Waals surface area contributed by atoms with Crippen molar-refractivity contribution < 1.29 is 31.1 Å². The van der Waals surface area contributed by atoms with Crippen molar-refractivity contribution in [3.8, 4) is 11.1 Å². The first-order valence-corrected chi connectivity index (χ1v) is 8.97. The number of rotatable bonds is 4. The maximum atomic E-state index is 13.1. The van der Waals surface area contributed by atoms with Crippen LogP contribution in [0.15, 0.2) is 53.5 Å². The van der Waals surface area contributed by atoms with Crippen molar-refractivity contribution in [1.29, 1.82) is 0 Å². The number of aromatic nitrogens is 2. The van der Waals surface area contributed by atoms with E-state index in [1.807, 2.05) is 0 Å². The van der Waals surface area contributed by atoms with E-state index in [0.717, 1.165) is 4.40 Å². The molecule has 0 bridgehead atoms. The minimum atomic E-state index is -4.82. The Morgan fingerprint density at radius 3 is 2.26 bits per heavy atom. The maximum absolute atomic E-state index is 13.1. The number of alkyl halides is 6. The van der Waals surface area contributed by atoms with E-state index in [0.29, 0.717) is 16.5 Å². The lowest BCUT2D eigenvalue weighted by molar-refractivity contribution is -0.141. The monoisotopic (exact) mass is 443 g/mol. The van der Waals surface area contributed by atoms with Crippen LogP contribution in [0.5, 0.6) is 0 Å². The Labute approximate surface area is 171 Å². The fourth-order valence-corrected chi connectivity index (χ4v) is 3.01. The summed E-state index contributed by atoms with van der Waals surface area (Å²) in [5.41, 5.74) is -2.00. The number of hydrogen-bond acceptors (Lipinski definition) is 3. The van der Waals surface area contributed by atoms with Crippen molar-refractivity contribution in [1.82, 2.24) is 14.3 Å². The van der Waals surface area contributed by atoms with E-state index in [-0.39, 0.29) is 23.3 Å². The van der Waals surface area contributed by atoms with Crippen LogP contribution in [-0.2, 0) is 6.18 Å². The van der Waals surface area contributed by atoms with Gasteiger partial charge in [-0.25, -0.2) is 4.98 Å². The van der Waals surface area contributed by atoms with E-state index in [1.54, 1.807) is 0 Å². The normalized spacial score (nSPS) is 12.2. The number of pyridine rings is 1. The van der Waals surface area contributed by atoms with Crippen molar-refractivity contribution in [3.05, 3.63) is 70.3 Å². The first-order valence-electron chi connectivity index (χ1n) is 8.97. The minimum Gasteiger partial charge on any atom is -0.330 e. The van der Waals surface area contributed by atoms with Crippen molar-refractivity contribution >= 4 is 11.6 Å². The summed E-state index contributed by atoms with van der Waals surface area (Å²) >= 11 is 0. The zero-order valence-electron chi connectivity index (χ0n) is 16.0. The predicted octanol–water partition coefficient (Wildman–Crippen LogP) is 4.40. The molecule has 0 spiro atoms. The molecule has 3 rings (SSSR count). The van der Waals surface area contributed by atoms with Gasteiger partial charge in [-0.2, -0.15) is 26.3 Å². The Morgan fingerprint density at radius 1 is 1.06 bits per heavy atom. The molecule has 1 aromatic carbocycles. The fraction of sp³-hybridized carbons (Fsp3) is 0.250. The van der Waals surface area contributed by atoms with Gasteiger partial charge in [0.25, 0.3) is 11.5 Å². The third kappa shape index (κ3) is 4.86. The van der Waals surface area contributed by atoms with Crippen molar-refractivity contribution in [2.24, 2.45) is 0 Å². The number of nitrogens with zero attached hydrogens (tertiary/aromatic N) is 3. The first kappa shape index (κ1) is 22.3. The Balaban J connectivity index is 2.02. The number of halogens is 6. The number of fused-ring (bicyclic) bond motifs is 1. The average Bonchev–Trinajstić information content (AvgIpc) is 2.70. The quantitative estimate of drug-likeness (QED) is 0.562. The largest absolute Gasteiger partial charge is 0.433 e. The van der Waals surface area contributed by atoms with Gasteiger partial charge < -0.3 is 4.90 Å². The molecule has 0 aliphatic rings. The van der Waals surface area contributed by atoms with E-state index in [2.05, 4.69) is 4.98 Å². The number of amides is 1. The van der Waals surface area contributed by atoms with Crippen LogP contribution in [0.4, 0.5) is 26.3 Å². The molecule has 0 saturated heterocycles. The molecule has 0 unspecified atom stereocenters. The van der Waals surface area contributed by atoms with Gasteiger partial charge in [0.2, 0.25) is 0 Å². The van der Waals surface area contributed by atoms with E-state index >= 15 is 0 Å². The van der Waals surface area contributed by atoms with E-state index in [9.17, 15) is 35.9 Å². The van der Waals surface area contributed by atoms with Crippen LogP contribution in [0, 0.1) is 0 Å². The molecule has 0 N–H and O–H groups in total. The van der Waals surface area contributed by atoms with Gasteiger partial charge in [0.05, 0.1) is 0 Å². The Kier molecular flexibility index (Phi) is 5.79. The molecule has 0 radical (unpaired) electrons. The third-order valence-corrected chi connectivity index (χ3v) is 4.46. The molecule has 0 atom stereocenters. The van der Waals surface area contributed by atoms with Gasteiger partial charge in [-0.1, -0.05) is 12.1 Å². The highest BCUT2D eigenvalue weighted by Gasteiger charge is 2.34. The zero-order valence-corrected chi connectivity index (χ0v) is 16.0. The van der Waals surface area contributed by atoms with Crippen LogP contribution < -0.4 is 5.56 Å². The SMILES string of the molecule is CCN(CC(F)(F)F)C(=O)c1ccc(-c2cccn3c(=O)cc(C(F)(F)F)nc23)cc1. The summed E-state index contributed by atoms with van der Waals surface area (Å²) in [7, 11) is 0. The molecule has 0 saturated carbocycles. The van der Waals surface area contributed by atoms with Gasteiger partial charge in [-0.15, -0.1) is 0 Å². The highest BCUT2D eigenvalue weighted by Crippen LogP contribution is 2.29. The molecule has 0 aliphatic carbocycles. The second kappa shape index (κ2) is 8.05. The number of carbonyl (C=O) groups is 1. The summed E-state index contributed by atoms with van der Waals surface area (Å²) in [5.74, 6) is -0.835. The van der Waals surface area contributed by atoms with E-state index in [4.69, 9.17) is 0 Å². The summed E-state index contributed by atoms with van der Waals surface area (Å²) in [6, 6.07) is 8.56. The minimum absolute atomic E-state index is 0.0174. The summed E-state index contributed by atoms with van der Waals surface area (Å²) < 4.78 is 78.1. The molecular weight excluding hydrogens is 428 g/mol. The Bertz CT molecular complexity index is 1170. The third-order valence-electron chi connectivity index (χ3n) is 4.46. The maximum Gasteiger partial charge on any atom is 0.433 e. The Hall–Kier alpha value is -3.37. The smallest absolute Gasteiger partial charge is 0.330 e. The standard InChI is InChI=1S/C20H15F6N3O2/c1-2-28(11-19(21,22)23)18(31)13-7-5-12(6-8-13)14-4-3-9-29-16(30)10-15(20(24,25)26)27-17(14)29/h3-10H,2,11H2,1H3. The molecule has 2 heterocycles. The lowest BCUT2D eigenvalue weighted by Gasteiger charge is -2.22. The average molecular weight is 443 g/mol.